The molecule has 2 N–H and O–H groups in total. The Morgan fingerprint density at radius 2 is 1.85 bits per heavy atom. The number of aldehydes is 1. The molecule has 0 aromatic carbocycles. The first-order chi connectivity index (χ1) is 18.4. The first kappa shape index (κ1) is 37.5. The number of carbonyl (C=O) groups excluding carboxylic acids is 2. The van der Waals surface area contributed by atoms with Gasteiger partial charge in [0.2, 0.25) is 0 Å². The van der Waals surface area contributed by atoms with Gasteiger partial charge in [0.1, 0.15) is 13.4 Å². The monoisotopic (exact) mass is 618 g/mol. The number of nitrogens with zero attached hydrogens (tertiary/aromatic N) is 2. The number of amides is 1. The summed E-state index contributed by atoms with van der Waals surface area (Å²) in [6, 6.07) is 1.82. The minimum Gasteiger partial charge on any atom is -0.444 e. The van der Waals surface area contributed by atoms with Crippen LogP contribution < -0.4 is 10.6 Å². The highest BCUT2D eigenvalue weighted by Gasteiger charge is 2.41. The Hall–Kier alpha value is -0.575. The standard InChI is InChI=1S/C26H48BN4O6PS2/c1-18(2)31(19(3)4)38(34-13-11-12-28)37-20-14-22(27)35-21(20)15-29-26(16-32,17-39-40-25(8,9)10)30-23(33)36-24(5,6)7/h16,18-22,29H,11,13-15,17H2,1-10H3,(H,30,33). The number of hydrogen-bond acceptors (Lipinski definition) is 11. The van der Waals surface area contributed by atoms with Crippen LogP contribution >= 0.6 is 30.1 Å². The molecule has 1 fully saturated rings. The molecule has 1 heterocycles. The average Bonchev–Trinajstić information content (AvgIpc) is 3.13. The SMILES string of the molecule is [B]C1CC(OP(OCCC#N)N(C(C)C)C(C)C)C(CNC(C=O)(CSSC(C)(C)C)NC(=O)OC(C)(C)C)O1. The van der Waals surface area contributed by atoms with Gasteiger partial charge in [-0.05, 0) is 54.9 Å². The maximum absolute atomic E-state index is 12.7. The summed E-state index contributed by atoms with van der Waals surface area (Å²) in [5.41, 5.74) is -2.14. The van der Waals surface area contributed by atoms with Gasteiger partial charge in [0.15, 0.2) is 11.9 Å². The number of rotatable bonds is 16. The van der Waals surface area contributed by atoms with Crippen LogP contribution in [-0.4, -0.2) is 90.1 Å². The first-order valence-electron chi connectivity index (χ1n) is 13.6. The second kappa shape index (κ2) is 16.9. The van der Waals surface area contributed by atoms with Gasteiger partial charge in [-0.3, -0.25) is 15.4 Å². The molecule has 5 atom stereocenters. The Morgan fingerprint density at radius 1 is 1.23 bits per heavy atom. The molecule has 5 unspecified atom stereocenters. The molecule has 1 aliphatic rings. The third-order valence-electron chi connectivity index (χ3n) is 5.26. The molecule has 1 amide bonds. The van der Waals surface area contributed by atoms with Crippen molar-refractivity contribution >= 4 is 50.3 Å². The van der Waals surface area contributed by atoms with Crippen LogP contribution in [-0.2, 0) is 23.3 Å². The Labute approximate surface area is 251 Å². The molecule has 1 saturated heterocycles. The van der Waals surface area contributed by atoms with Crippen LogP contribution in [0.2, 0.25) is 0 Å². The van der Waals surface area contributed by atoms with E-state index < -0.39 is 44.1 Å². The van der Waals surface area contributed by atoms with Crippen LogP contribution in [0.1, 0.15) is 82.1 Å². The van der Waals surface area contributed by atoms with Gasteiger partial charge in [0, 0.05) is 35.1 Å². The lowest BCUT2D eigenvalue weighted by Gasteiger charge is -2.38. The third-order valence-corrected chi connectivity index (χ3v) is 10.8. The molecular formula is C26H48BN4O6PS2. The van der Waals surface area contributed by atoms with Crippen molar-refractivity contribution in [2.45, 2.75) is 128 Å². The molecular weight excluding hydrogens is 570 g/mol. The number of ether oxygens (including phenoxy) is 2. The summed E-state index contributed by atoms with van der Waals surface area (Å²) in [5, 5.41) is 15.0. The lowest BCUT2D eigenvalue weighted by Crippen LogP contribution is -2.64. The van der Waals surface area contributed by atoms with Gasteiger partial charge >= 0.3 is 6.09 Å². The molecule has 0 spiro atoms. The van der Waals surface area contributed by atoms with Crippen LogP contribution in [0.25, 0.3) is 0 Å². The predicted octanol–water partition coefficient (Wildman–Crippen LogP) is 5.12. The van der Waals surface area contributed by atoms with Gasteiger partial charge in [0.05, 0.1) is 31.3 Å². The molecule has 1 rings (SSSR count). The molecule has 0 aromatic heterocycles. The van der Waals surface area contributed by atoms with Crippen molar-refractivity contribution in [3.05, 3.63) is 0 Å². The van der Waals surface area contributed by atoms with E-state index >= 15 is 0 Å². The predicted molar refractivity (Wildman–Crippen MR) is 165 cm³/mol. The number of hydrogen-bond donors (Lipinski definition) is 2. The highest BCUT2D eigenvalue weighted by atomic mass is 33.1. The molecule has 2 radical (unpaired) electrons. The number of alkyl carbamates (subject to hydrolysis) is 1. The lowest BCUT2D eigenvalue weighted by atomic mass is 9.96. The van der Waals surface area contributed by atoms with Crippen LogP contribution in [0.15, 0.2) is 0 Å². The second-order valence-electron chi connectivity index (χ2n) is 12.2. The maximum Gasteiger partial charge on any atom is 0.409 e. The van der Waals surface area contributed by atoms with E-state index in [1.165, 1.54) is 10.8 Å². The molecule has 0 bridgehead atoms. The van der Waals surface area contributed by atoms with Crippen molar-refractivity contribution in [2.75, 3.05) is 18.9 Å². The van der Waals surface area contributed by atoms with Crippen LogP contribution in [0.4, 0.5) is 4.79 Å². The van der Waals surface area contributed by atoms with Gasteiger partial charge in [-0.15, -0.1) is 0 Å². The highest BCUT2D eigenvalue weighted by Crippen LogP contribution is 2.49. The first-order valence-corrected chi connectivity index (χ1v) is 17.1. The molecule has 0 aliphatic carbocycles. The largest absolute Gasteiger partial charge is 0.444 e. The summed E-state index contributed by atoms with van der Waals surface area (Å²) in [6.45, 7) is 20.2. The fraction of sp³-hybridized carbons (Fsp3) is 0.885. The van der Waals surface area contributed by atoms with E-state index in [2.05, 4.69) is 69.8 Å². The van der Waals surface area contributed by atoms with E-state index in [4.69, 9.17) is 31.6 Å². The summed E-state index contributed by atoms with van der Waals surface area (Å²) in [5.74, 6) is 0.250. The minimum absolute atomic E-state index is 0.0487. The summed E-state index contributed by atoms with van der Waals surface area (Å²) < 4.78 is 26.1. The zero-order chi connectivity index (χ0) is 30.7. The topological polar surface area (TPSA) is 122 Å². The normalized spacial score (nSPS) is 22.2. The lowest BCUT2D eigenvalue weighted by molar-refractivity contribution is -0.114. The molecule has 10 nitrogen and oxygen atoms in total. The molecule has 228 valence electrons. The van der Waals surface area contributed by atoms with Crippen molar-refractivity contribution in [3.8, 4) is 6.07 Å². The molecule has 0 aromatic rings. The van der Waals surface area contributed by atoms with Crippen molar-refractivity contribution in [2.24, 2.45) is 0 Å². The van der Waals surface area contributed by atoms with Gasteiger partial charge in [-0.1, -0.05) is 42.4 Å². The Bertz CT molecular complexity index is 831. The van der Waals surface area contributed by atoms with Crippen molar-refractivity contribution in [3.63, 3.8) is 0 Å². The Kier molecular flexibility index (Phi) is 15.8. The zero-order valence-corrected chi connectivity index (χ0v) is 28.2. The van der Waals surface area contributed by atoms with Gasteiger partial charge in [-0.25, -0.2) is 9.46 Å². The number of carbonyl (C=O) groups is 2. The molecule has 14 heteroatoms. The van der Waals surface area contributed by atoms with Crippen molar-refractivity contribution in [1.29, 1.82) is 5.26 Å². The van der Waals surface area contributed by atoms with Crippen LogP contribution in [0, 0.1) is 11.3 Å². The maximum atomic E-state index is 12.7. The van der Waals surface area contributed by atoms with Gasteiger partial charge in [-0.2, -0.15) is 5.26 Å². The highest BCUT2D eigenvalue weighted by molar-refractivity contribution is 8.77. The molecule has 0 saturated carbocycles. The fourth-order valence-corrected chi connectivity index (χ4v) is 8.15. The molecule has 40 heavy (non-hydrogen) atoms. The third kappa shape index (κ3) is 14.1. The smallest absolute Gasteiger partial charge is 0.409 e. The van der Waals surface area contributed by atoms with E-state index in [1.54, 1.807) is 31.6 Å². The average molecular weight is 619 g/mol. The van der Waals surface area contributed by atoms with E-state index in [9.17, 15) is 9.59 Å². The summed E-state index contributed by atoms with van der Waals surface area (Å²) in [7, 11) is 7.74. The number of nitriles is 1. The van der Waals surface area contributed by atoms with Crippen molar-refractivity contribution in [1.82, 2.24) is 15.3 Å². The summed E-state index contributed by atoms with van der Waals surface area (Å²) in [4.78, 5) is 25.2. The van der Waals surface area contributed by atoms with Crippen LogP contribution in [0.5, 0.6) is 0 Å². The van der Waals surface area contributed by atoms with Gasteiger partial charge < -0.3 is 18.5 Å². The van der Waals surface area contributed by atoms with Crippen LogP contribution in [0.3, 0.4) is 0 Å². The zero-order valence-electron chi connectivity index (χ0n) is 25.7. The quantitative estimate of drug-likeness (QED) is 0.0599. The Balaban J connectivity index is 3.12. The fourth-order valence-electron chi connectivity index (χ4n) is 3.75. The van der Waals surface area contributed by atoms with Gasteiger partial charge in [0.25, 0.3) is 8.53 Å². The summed E-state index contributed by atoms with van der Waals surface area (Å²) in [6.07, 6.45) is -0.280. The van der Waals surface area contributed by atoms with E-state index in [1.807, 2.05) is 0 Å². The second-order valence-corrected chi connectivity index (χ2v) is 16.7. The van der Waals surface area contributed by atoms with Crippen molar-refractivity contribution < 1.29 is 28.1 Å². The number of nitrogens with one attached hydrogen (secondary N) is 2. The van der Waals surface area contributed by atoms with E-state index in [0.29, 0.717) is 12.7 Å². The minimum atomic E-state index is -1.51. The summed E-state index contributed by atoms with van der Waals surface area (Å²) >= 11 is 0. The molecule has 1 aliphatic heterocycles. The van der Waals surface area contributed by atoms with E-state index in [-0.39, 0.29) is 42.2 Å². The Morgan fingerprint density at radius 3 is 2.35 bits per heavy atom. The van der Waals surface area contributed by atoms with E-state index in [0.717, 1.165) is 0 Å².